The monoisotopic (exact) mass is 224 g/mol. The molecule has 0 aromatic rings. The number of nitrogens with one attached hydrogen (secondary N) is 1. The molecule has 0 bridgehead atoms. The Balaban J connectivity index is 2.42. The molecule has 1 rings (SSSR count). The predicted molar refractivity (Wildman–Crippen MR) is 67.0 cm³/mol. The second-order valence-electron chi connectivity index (χ2n) is 5.18. The Kier molecular flexibility index (Phi) is 5.00. The highest BCUT2D eigenvalue weighted by atomic mass is 16.1. The standard InChI is InChI=1S/C13H24N2O/c1-11(2)9-15-12(16)8-13(10-14)6-4-3-5-7-13/h1,3-10,14H2,2H3,(H,15,16). The second kappa shape index (κ2) is 6.04. The third kappa shape index (κ3) is 3.97. The molecule has 0 radical (unpaired) electrons. The molecule has 1 aliphatic carbocycles. The normalized spacial score (nSPS) is 19.1. The maximum atomic E-state index is 11.8. The fraction of sp³-hybridized carbons (Fsp3) is 0.769. The average molecular weight is 224 g/mol. The molecule has 3 heteroatoms. The van der Waals surface area contributed by atoms with Crippen molar-refractivity contribution < 1.29 is 4.79 Å². The fourth-order valence-corrected chi connectivity index (χ4v) is 2.41. The summed E-state index contributed by atoms with van der Waals surface area (Å²) in [6.07, 6.45) is 6.50. The molecular formula is C13H24N2O. The van der Waals surface area contributed by atoms with Crippen LogP contribution in [0.2, 0.25) is 0 Å². The van der Waals surface area contributed by atoms with Crippen molar-refractivity contribution in [2.45, 2.75) is 45.4 Å². The van der Waals surface area contributed by atoms with Gasteiger partial charge in [0, 0.05) is 13.0 Å². The van der Waals surface area contributed by atoms with Gasteiger partial charge in [-0.3, -0.25) is 4.79 Å². The van der Waals surface area contributed by atoms with Gasteiger partial charge in [0.25, 0.3) is 0 Å². The first-order valence-corrected chi connectivity index (χ1v) is 6.19. The Morgan fingerprint density at radius 1 is 1.38 bits per heavy atom. The summed E-state index contributed by atoms with van der Waals surface area (Å²) in [5.74, 6) is 0.121. The van der Waals surface area contributed by atoms with E-state index in [1.165, 1.54) is 19.3 Å². The van der Waals surface area contributed by atoms with Crippen LogP contribution in [0.4, 0.5) is 0 Å². The molecule has 0 saturated heterocycles. The van der Waals surface area contributed by atoms with E-state index >= 15 is 0 Å². The summed E-state index contributed by atoms with van der Waals surface area (Å²) in [4.78, 5) is 11.8. The van der Waals surface area contributed by atoms with Gasteiger partial charge in [-0.25, -0.2) is 0 Å². The van der Waals surface area contributed by atoms with Crippen molar-refractivity contribution in [3.63, 3.8) is 0 Å². The minimum atomic E-state index is 0.0669. The molecular weight excluding hydrogens is 200 g/mol. The van der Waals surface area contributed by atoms with E-state index in [0.29, 0.717) is 19.5 Å². The van der Waals surface area contributed by atoms with Gasteiger partial charge < -0.3 is 11.1 Å². The van der Waals surface area contributed by atoms with Crippen molar-refractivity contribution in [3.05, 3.63) is 12.2 Å². The molecule has 1 saturated carbocycles. The van der Waals surface area contributed by atoms with Crippen molar-refractivity contribution in [2.24, 2.45) is 11.1 Å². The van der Waals surface area contributed by atoms with Gasteiger partial charge >= 0.3 is 0 Å². The molecule has 0 heterocycles. The minimum absolute atomic E-state index is 0.0669. The van der Waals surface area contributed by atoms with E-state index in [1.807, 2.05) is 6.92 Å². The van der Waals surface area contributed by atoms with Gasteiger partial charge in [-0.1, -0.05) is 31.4 Å². The van der Waals surface area contributed by atoms with Crippen molar-refractivity contribution >= 4 is 5.91 Å². The summed E-state index contributed by atoms with van der Waals surface area (Å²) in [5, 5.41) is 2.89. The lowest BCUT2D eigenvalue weighted by molar-refractivity contribution is -0.123. The number of hydrogen-bond acceptors (Lipinski definition) is 2. The van der Waals surface area contributed by atoms with Gasteiger partial charge in [0.1, 0.15) is 0 Å². The van der Waals surface area contributed by atoms with Crippen LogP contribution in [-0.4, -0.2) is 19.0 Å². The number of rotatable bonds is 5. The lowest BCUT2D eigenvalue weighted by Gasteiger charge is -2.35. The molecule has 0 atom stereocenters. The molecule has 16 heavy (non-hydrogen) atoms. The average Bonchev–Trinajstić information content (AvgIpc) is 2.28. The van der Waals surface area contributed by atoms with Crippen LogP contribution in [0.5, 0.6) is 0 Å². The summed E-state index contributed by atoms with van der Waals surface area (Å²) in [6.45, 7) is 6.90. The van der Waals surface area contributed by atoms with Gasteiger partial charge in [-0.2, -0.15) is 0 Å². The fourth-order valence-electron chi connectivity index (χ4n) is 2.41. The molecule has 3 N–H and O–H groups in total. The van der Waals surface area contributed by atoms with Gasteiger partial charge in [0.2, 0.25) is 5.91 Å². The highest BCUT2D eigenvalue weighted by Crippen LogP contribution is 2.38. The highest BCUT2D eigenvalue weighted by molar-refractivity contribution is 5.77. The van der Waals surface area contributed by atoms with Crippen molar-refractivity contribution in [1.82, 2.24) is 5.32 Å². The lowest BCUT2D eigenvalue weighted by atomic mass is 9.71. The first-order valence-electron chi connectivity index (χ1n) is 6.19. The van der Waals surface area contributed by atoms with Gasteiger partial charge in [0.05, 0.1) is 0 Å². The SMILES string of the molecule is C=C(C)CNC(=O)CC1(CN)CCCCC1. The third-order valence-corrected chi connectivity index (χ3v) is 3.47. The van der Waals surface area contributed by atoms with Gasteiger partial charge in [0.15, 0.2) is 0 Å². The van der Waals surface area contributed by atoms with Crippen molar-refractivity contribution in [2.75, 3.05) is 13.1 Å². The van der Waals surface area contributed by atoms with Crippen LogP contribution >= 0.6 is 0 Å². The summed E-state index contributed by atoms with van der Waals surface area (Å²) in [5.41, 5.74) is 6.90. The number of hydrogen-bond donors (Lipinski definition) is 2. The Labute approximate surface area is 98.5 Å². The molecule has 1 amide bonds. The summed E-state index contributed by atoms with van der Waals surface area (Å²) in [7, 11) is 0. The summed E-state index contributed by atoms with van der Waals surface area (Å²) >= 11 is 0. The highest BCUT2D eigenvalue weighted by Gasteiger charge is 2.32. The van der Waals surface area contributed by atoms with Crippen molar-refractivity contribution in [1.29, 1.82) is 0 Å². The maximum absolute atomic E-state index is 11.8. The van der Waals surface area contributed by atoms with Crippen LogP contribution in [0.25, 0.3) is 0 Å². The van der Waals surface area contributed by atoms with Crippen LogP contribution in [0, 0.1) is 5.41 Å². The Bertz CT molecular complexity index is 255. The maximum Gasteiger partial charge on any atom is 0.220 e. The smallest absolute Gasteiger partial charge is 0.220 e. The quantitative estimate of drug-likeness (QED) is 0.702. The van der Waals surface area contributed by atoms with Crippen molar-refractivity contribution in [3.8, 4) is 0 Å². The van der Waals surface area contributed by atoms with Crippen LogP contribution < -0.4 is 11.1 Å². The lowest BCUT2D eigenvalue weighted by Crippen LogP contribution is -2.38. The molecule has 1 fully saturated rings. The van der Waals surface area contributed by atoms with E-state index in [2.05, 4.69) is 11.9 Å². The number of nitrogens with two attached hydrogens (primary N) is 1. The Morgan fingerprint density at radius 2 is 2.00 bits per heavy atom. The van der Waals surface area contributed by atoms with E-state index in [0.717, 1.165) is 18.4 Å². The molecule has 0 aliphatic heterocycles. The van der Waals surface area contributed by atoms with E-state index in [1.54, 1.807) is 0 Å². The zero-order chi connectivity index (χ0) is 12.0. The minimum Gasteiger partial charge on any atom is -0.352 e. The number of amides is 1. The van der Waals surface area contributed by atoms with Gasteiger partial charge in [-0.15, -0.1) is 0 Å². The molecule has 0 aromatic heterocycles. The molecule has 1 aliphatic rings. The van der Waals surface area contributed by atoms with Crippen LogP contribution in [0.3, 0.4) is 0 Å². The first kappa shape index (κ1) is 13.2. The first-order chi connectivity index (χ1) is 7.58. The zero-order valence-electron chi connectivity index (χ0n) is 10.3. The summed E-state index contributed by atoms with van der Waals surface area (Å²) in [6, 6.07) is 0. The Morgan fingerprint density at radius 3 is 2.50 bits per heavy atom. The summed E-state index contributed by atoms with van der Waals surface area (Å²) < 4.78 is 0. The van der Waals surface area contributed by atoms with E-state index < -0.39 is 0 Å². The molecule has 0 unspecified atom stereocenters. The van der Waals surface area contributed by atoms with E-state index in [-0.39, 0.29) is 11.3 Å². The van der Waals surface area contributed by atoms with Crippen LogP contribution in [-0.2, 0) is 4.79 Å². The molecule has 3 nitrogen and oxygen atoms in total. The molecule has 92 valence electrons. The number of carbonyl (C=O) groups excluding carboxylic acids is 1. The number of carbonyl (C=O) groups is 1. The molecule has 0 spiro atoms. The van der Waals surface area contributed by atoms with E-state index in [9.17, 15) is 4.79 Å². The largest absolute Gasteiger partial charge is 0.352 e. The topological polar surface area (TPSA) is 55.1 Å². The Hall–Kier alpha value is -0.830. The third-order valence-electron chi connectivity index (χ3n) is 3.47. The van der Waals surface area contributed by atoms with Crippen LogP contribution in [0.1, 0.15) is 45.4 Å². The molecule has 0 aromatic carbocycles. The zero-order valence-corrected chi connectivity index (χ0v) is 10.3. The second-order valence-corrected chi connectivity index (χ2v) is 5.18. The predicted octanol–water partition coefficient (Wildman–Crippen LogP) is 1.98. The van der Waals surface area contributed by atoms with Gasteiger partial charge in [-0.05, 0) is 31.7 Å². The van der Waals surface area contributed by atoms with E-state index in [4.69, 9.17) is 5.73 Å². The van der Waals surface area contributed by atoms with Crippen LogP contribution in [0.15, 0.2) is 12.2 Å².